The Morgan fingerprint density at radius 3 is 2.91 bits per heavy atom. The summed E-state index contributed by atoms with van der Waals surface area (Å²) in [5.41, 5.74) is 9.45. The van der Waals surface area contributed by atoms with E-state index in [1.165, 1.54) is 12.1 Å². The molecule has 35 heavy (non-hydrogen) atoms. The smallest absolute Gasteiger partial charge is 0.258 e. The normalized spacial score (nSPS) is 22.4. The van der Waals surface area contributed by atoms with Gasteiger partial charge in [0.2, 0.25) is 0 Å². The SMILES string of the molecule is Cc1cn2nc([C@@H]3CCCCN3C(=O)c3cc(F)cc4c3OCOC4)cc2nc1N1CC[C@H](N)C1. The highest BCUT2D eigenvalue weighted by Gasteiger charge is 2.34. The fourth-order valence-electron chi connectivity index (χ4n) is 5.46. The summed E-state index contributed by atoms with van der Waals surface area (Å²) < 4.78 is 27.0. The van der Waals surface area contributed by atoms with Crippen LogP contribution < -0.4 is 15.4 Å². The molecule has 6 rings (SSSR count). The summed E-state index contributed by atoms with van der Waals surface area (Å²) in [6, 6.07) is 4.53. The quantitative estimate of drug-likeness (QED) is 0.615. The van der Waals surface area contributed by atoms with Crippen LogP contribution in [0.15, 0.2) is 24.4 Å². The third-order valence-corrected chi connectivity index (χ3v) is 7.16. The Labute approximate surface area is 202 Å². The lowest BCUT2D eigenvalue weighted by Gasteiger charge is -2.35. The number of hydrogen-bond acceptors (Lipinski definition) is 7. The first kappa shape index (κ1) is 22.2. The molecule has 0 saturated carbocycles. The molecule has 1 aromatic carbocycles. The number of nitrogens with zero attached hydrogens (tertiary/aromatic N) is 5. The summed E-state index contributed by atoms with van der Waals surface area (Å²) in [6.45, 7) is 4.55. The van der Waals surface area contributed by atoms with Gasteiger partial charge in [0.1, 0.15) is 17.4 Å². The topological polar surface area (TPSA) is 98.2 Å². The van der Waals surface area contributed by atoms with Crippen molar-refractivity contribution in [2.24, 2.45) is 5.73 Å². The molecule has 5 heterocycles. The minimum atomic E-state index is -0.476. The molecule has 0 spiro atoms. The molecule has 0 aliphatic carbocycles. The Morgan fingerprint density at radius 2 is 2.09 bits per heavy atom. The maximum absolute atomic E-state index is 14.4. The van der Waals surface area contributed by atoms with Gasteiger partial charge < -0.3 is 25.0 Å². The number of likely N-dealkylation sites (tertiary alicyclic amines) is 1. The lowest BCUT2D eigenvalue weighted by molar-refractivity contribution is -0.0174. The third-order valence-electron chi connectivity index (χ3n) is 7.16. The van der Waals surface area contributed by atoms with Crippen molar-refractivity contribution >= 4 is 17.4 Å². The molecule has 2 aromatic heterocycles. The van der Waals surface area contributed by atoms with Crippen molar-refractivity contribution in [3.63, 3.8) is 0 Å². The molecular weight excluding hydrogens is 451 g/mol. The van der Waals surface area contributed by atoms with Crippen molar-refractivity contribution in [1.82, 2.24) is 19.5 Å². The largest absolute Gasteiger partial charge is 0.466 e. The predicted octanol–water partition coefficient (Wildman–Crippen LogP) is 2.95. The lowest BCUT2D eigenvalue weighted by atomic mass is 9.97. The number of carbonyl (C=O) groups excluding carboxylic acids is 1. The van der Waals surface area contributed by atoms with E-state index in [1.54, 1.807) is 9.42 Å². The van der Waals surface area contributed by atoms with E-state index in [2.05, 4.69) is 4.90 Å². The zero-order chi connectivity index (χ0) is 24.1. The monoisotopic (exact) mass is 480 g/mol. The fraction of sp³-hybridized carbons (Fsp3) is 0.480. The number of fused-ring (bicyclic) bond motifs is 2. The molecule has 3 aromatic rings. The number of piperidine rings is 1. The van der Waals surface area contributed by atoms with E-state index in [9.17, 15) is 9.18 Å². The predicted molar refractivity (Wildman–Crippen MR) is 127 cm³/mol. The number of hydrogen-bond donors (Lipinski definition) is 1. The molecule has 0 bridgehead atoms. The highest BCUT2D eigenvalue weighted by Crippen LogP contribution is 2.36. The second kappa shape index (κ2) is 8.76. The molecular formula is C25H29FN6O3. The second-order valence-corrected chi connectivity index (χ2v) is 9.68. The maximum atomic E-state index is 14.4. The van der Waals surface area contributed by atoms with Crippen LogP contribution in [0.1, 0.15) is 58.9 Å². The first-order valence-corrected chi connectivity index (χ1v) is 12.2. The highest BCUT2D eigenvalue weighted by atomic mass is 19.1. The Balaban J connectivity index is 1.34. The van der Waals surface area contributed by atoms with Gasteiger partial charge >= 0.3 is 0 Å². The van der Waals surface area contributed by atoms with Crippen LogP contribution in [-0.4, -0.2) is 57.9 Å². The molecule has 0 radical (unpaired) electrons. The lowest BCUT2D eigenvalue weighted by Crippen LogP contribution is -2.39. The Hall–Kier alpha value is -3.24. The van der Waals surface area contributed by atoms with Crippen molar-refractivity contribution in [3.8, 4) is 5.75 Å². The average Bonchev–Trinajstić information content (AvgIpc) is 3.48. The number of aromatic nitrogens is 3. The van der Waals surface area contributed by atoms with Crippen LogP contribution in [0, 0.1) is 12.7 Å². The molecule has 3 aliphatic heterocycles. The summed E-state index contributed by atoms with van der Waals surface area (Å²) in [5, 5.41) is 4.80. The zero-order valence-corrected chi connectivity index (χ0v) is 19.7. The summed E-state index contributed by atoms with van der Waals surface area (Å²) in [7, 11) is 0. The Kier molecular flexibility index (Phi) is 5.57. The molecule has 2 atom stereocenters. The van der Waals surface area contributed by atoms with Crippen LogP contribution >= 0.6 is 0 Å². The van der Waals surface area contributed by atoms with E-state index in [-0.39, 0.29) is 37.0 Å². The second-order valence-electron chi connectivity index (χ2n) is 9.68. The average molecular weight is 481 g/mol. The van der Waals surface area contributed by atoms with Crippen LogP contribution in [0.2, 0.25) is 0 Å². The molecule has 2 fully saturated rings. The number of anilines is 1. The summed E-state index contributed by atoms with van der Waals surface area (Å²) in [5.74, 6) is 0.614. The number of nitrogens with two attached hydrogens (primary N) is 1. The minimum absolute atomic E-state index is 0.0457. The molecule has 10 heteroatoms. The molecule has 9 nitrogen and oxygen atoms in total. The molecule has 0 unspecified atom stereocenters. The molecule has 1 amide bonds. The fourth-order valence-corrected chi connectivity index (χ4v) is 5.46. The van der Waals surface area contributed by atoms with E-state index >= 15 is 0 Å². The highest BCUT2D eigenvalue weighted by molar-refractivity contribution is 5.97. The number of ether oxygens (including phenoxy) is 2. The number of halogens is 1. The summed E-state index contributed by atoms with van der Waals surface area (Å²) in [4.78, 5) is 22.6. The van der Waals surface area contributed by atoms with Crippen molar-refractivity contribution in [1.29, 1.82) is 0 Å². The van der Waals surface area contributed by atoms with Gasteiger partial charge in [-0.1, -0.05) is 0 Å². The van der Waals surface area contributed by atoms with Gasteiger partial charge in [0, 0.05) is 49.1 Å². The number of amides is 1. The number of rotatable bonds is 3. The van der Waals surface area contributed by atoms with E-state index in [4.69, 9.17) is 25.3 Å². The van der Waals surface area contributed by atoms with Crippen LogP contribution in [0.4, 0.5) is 10.2 Å². The van der Waals surface area contributed by atoms with Gasteiger partial charge in [0.15, 0.2) is 12.4 Å². The maximum Gasteiger partial charge on any atom is 0.258 e. The van der Waals surface area contributed by atoms with Gasteiger partial charge in [-0.2, -0.15) is 5.10 Å². The molecule has 2 N–H and O–H groups in total. The van der Waals surface area contributed by atoms with E-state index < -0.39 is 5.82 Å². The van der Waals surface area contributed by atoms with Gasteiger partial charge in [-0.25, -0.2) is 13.9 Å². The van der Waals surface area contributed by atoms with Gasteiger partial charge in [-0.15, -0.1) is 0 Å². The summed E-state index contributed by atoms with van der Waals surface area (Å²) >= 11 is 0. The van der Waals surface area contributed by atoms with E-state index in [0.717, 1.165) is 61.5 Å². The number of carbonyl (C=O) groups is 1. The zero-order valence-electron chi connectivity index (χ0n) is 19.7. The number of benzene rings is 1. The van der Waals surface area contributed by atoms with Gasteiger partial charge in [0.25, 0.3) is 5.91 Å². The Morgan fingerprint density at radius 1 is 1.20 bits per heavy atom. The number of aryl methyl sites for hydroxylation is 1. The minimum Gasteiger partial charge on any atom is -0.466 e. The summed E-state index contributed by atoms with van der Waals surface area (Å²) in [6.07, 6.45) is 5.58. The van der Waals surface area contributed by atoms with Gasteiger partial charge in [-0.05, 0) is 44.7 Å². The third kappa shape index (κ3) is 4.00. The van der Waals surface area contributed by atoms with Crippen molar-refractivity contribution in [2.75, 3.05) is 31.3 Å². The molecule has 3 aliphatic rings. The standard InChI is InChI=1S/C25H29FN6O3/c1-15-11-32-22(28-24(15)30-7-5-18(27)12-30)10-20(29-32)21-4-2-3-6-31(21)25(33)19-9-17(26)8-16-13-34-14-35-23(16)19/h8-11,18,21H,2-7,12-14,27H2,1H3/t18-,21-/m0/s1. The first-order valence-electron chi connectivity index (χ1n) is 12.2. The van der Waals surface area contributed by atoms with Gasteiger partial charge in [-0.3, -0.25) is 4.79 Å². The molecule has 184 valence electrons. The van der Waals surface area contributed by atoms with Crippen LogP contribution in [0.5, 0.6) is 5.75 Å². The van der Waals surface area contributed by atoms with Crippen molar-refractivity contribution < 1.29 is 18.7 Å². The van der Waals surface area contributed by atoms with Crippen molar-refractivity contribution in [2.45, 2.75) is 51.3 Å². The van der Waals surface area contributed by atoms with Crippen molar-refractivity contribution in [3.05, 3.63) is 52.6 Å². The Bertz CT molecular complexity index is 1290. The van der Waals surface area contributed by atoms with Crippen LogP contribution in [0.25, 0.3) is 5.65 Å². The molecule has 2 saturated heterocycles. The van der Waals surface area contributed by atoms with Crippen LogP contribution in [0.3, 0.4) is 0 Å². The van der Waals surface area contributed by atoms with E-state index in [0.29, 0.717) is 17.9 Å². The van der Waals surface area contributed by atoms with E-state index in [1.807, 2.05) is 19.2 Å². The first-order chi connectivity index (χ1) is 17.0. The van der Waals surface area contributed by atoms with Gasteiger partial charge in [0.05, 0.1) is 23.9 Å². The van der Waals surface area contributed by atoms with Crippen LogP contribution in [-0.2, 0) is 11.3 Å².